The van der Waals surface area contributed by atoms with Gasteiger partial charge in [-0.15, -0.1) is 0 Å². The third-order valence-corrected chi connectivity index (χ3v) is 3.35. The highest BCUT2D eigenvalue weighted by Gasteiger charge is 2.19. The average Bonchev–Trinajstić information content (AvgIpc) is 2.38. The molecule has 0 bridgehead atoms. The molecule has 1 fully saturated rings. The van der Waals surface area contributed by atoms with E-state index >= 15 is 0 Å². The number of morpholine rings is 1. The van der Waals surface area contributed by atoms with Crippen LogP contribution in [-0.4, -0.2) is 25.8 Å². The Hall–Kier alpha value is -1.24. The lowest BCUT2D eigenvalue weighted by Gasteiger charge is -2.34. The molecule has 0 N–H and O–H groups in total. The second kappa shape index (κ2) is 5.39. The summed E-state index contributed by atoms with van der Waals surface area (Å²) in [7, 11) is 0. The SMILES string of the molecule is CCC1CN(c2ccc(C#N)c(Cl)c2)CCO1. The average molecular weight is 251 g/mol. The van der Waals surface area contributed by atoms with E-state index in [-0.39, 0.29) is 6.10 Å². The Morgan fingerprint density at radius 3 is 3.06 bits per heavy atom. The van der Waals surface area contributed by atoms with E-state index in [1.165, 1.54) is 0 Å². The molecule has 1 aromatic carbocycles. The topological polar surface area (TPSA) is 36.3 Å². The molecule has 1 unspecified atom stereocenters. The van der Waals surface area contributed by atoms with Gasteiger partial charge in [0.15, 0.2) is 0 Å². The number of anilines is 1. The predicted octanol–water partition coefficient (Wildman–Crippen LogP) is 2.83. The predicted molar refractivity (Wildman–Crippen MR) is 68.4 cm³/mol. The van der Waals surface area contributed by atoms with Gasteiger partial charge in [0.1, 0.15) is 6.07 Å². The number of hydrogen-bond acceptors (Lipinski definition) is 3. The molecule has 0 aromatic heterocycles. The molecule has 0 spiro atoms. The van der Waals surface area contributed by atoms with Gasteiger partial charge in [-0.1, -0.05) is 18.5 Å². The molecule has 1 atom stereocenters. The number of benzene rings is 1. The maximum Gasteiger partial charge on any atom is 0.101 e. The first-order chi connectivity index (χ1) is 8.24. The van der Waals surface area contributed by atoms with Gasteiger partial charge in [0.05, 0.1) is 23.3 Å². The van der Waals surface area contributed by atoms with E-state index in [9.17, 15) is 0 Å². The van der Waals surface area contributed by atoms with Gasteiger partial charge >= 0.3 is 0 Å². The van der Waals surface area contributed by atoms with Gasteiger partial charge in [-0.25, -0.2) is 0 Å². The Morgan fingerprint density at radius 2 is 2.41 bits per heavy atom. The van der Waals surface area contributed by atoms with Gasteiger partial charge in [0, 0.05) is 18.8 Å². The molecule has 2 rings (SSSR count). The lowest BCUT2D eigenvalue weighted by atomic mass is 10.1. The fourth-order valence-corrected chi connectivity index (χ4v) is 2.21. The first-order valence-corrected chi connectivity index (χ1v) is 6.18. The van der Waals surface area contributed by atoms with Gasteiger partial charge < -0.3 is 9.64 Å². The first kappa shape index (κ1) is 12.2. The summed E-state index contributed by atoms with van der Waals surface area (Å²) in [4.78, 5) is 2.25. The Bertz CT molecular complexity index is 442. The van der Waals surface area contributed by atoms with Crippen molar-refractivity contribution in [2.45, 2.75) is 19.4 Å². The van der Waals surface area contributed by atoms with Gasteiger partial charge in [-0.05, 0) is 24.6 Å². The van der Waals surface area contributed by atoms with E-state index in [2.05, 4.69) is 17.9 Å². The third kappa shape index (κ3) is 2.71. The van der Waals surface area contributed by atoms with E-state index in [1.54, 1.807) is 6.07 Å². The zero-order valence-corrected chi connectivity index (χ0v) is 10.6. The number of rotatable bonds is 2. The molecule has 1 aromatic rings. The Kier molecular flexibility index (Phi) is 3.88. The highest BCUT2D eigenvalue weighted by molar-refractivity contribution is 6.32. The normalized spacial score (nSPS) is 20.1. The number of ether oxygens (including phenoxy) is 1. The third-order valence-electron chi connectivity index (χ3n) is 3.03. The van der Waals surface area contributed by atoms with Crippen molar-refractivity contribution >= 4 is 17.3 Å². The fourth-order valence-electron chi connectivity index (χ4n) is 1.99. The summed E-state index contributed by atoms with van der Waals surface area (Å²) in [5.74, 6) is 0. The van der Waals surface area contributed by atoms with Crippen LogP contribution in [0.1, 0.15) is 18.9 Å². The first-order valence-electron chi connectivity index (χ1n) is 5.80. The molecule has 0 saturated carbocycles. The monoisotopic (exact) mass is 250 g/mol. The van der Waals surface area contributed by atoms with Crippen LogP contribution in [0.15, 0.2) is 18.2 Å². The fraction of sp³-hybridized carbons (Fsp3) is 0.462. The van der Waals surface area contributed by atoms with Crippen LogP contribution in [0.2, 0.25) is 5.02 Å². The van der Waals surface area contributed by atoms with Crippen molar-refractivity contribution in [3.05, 3.63) is 28.8 Å². The zero-order valence-electron chi connectivity index (χ0n) is 9.82. The number of halogens is 1. The number of nitrogens with zero attached hydrogens (tertiary/aromatic N) is 2. The van der Waals surface area contributed by atoms with E-state index in [0.29, 0.717) is 10.6 Å². The molecule has 0 aliphatic carbocycles. The van der Waals surface area contributed by atoms with Crippen LogP contribution in [0.25, 0.3) is 0 Å². The molecule has 17 heavy (non-hydrogen) atoms. The van der Waals surface area contributed by atoms with Crippen LogP contribution < -0.4 is 4.90 Å². The van der Waals surface area contributed by atoms with Gasteiger partial charge in [-0.2, -0.15) is 5.26 Å². The highest BCUT2D eigenvalue weighted by Crippen LogP contribution is 2.25. The van der Waals surface area contributed by atoms with Crippen LogP contribution in [-0.2, 0) is 4.74 Å². The summed E-state index contributed by atoms with van der Waals surface area (Å²) in [5.41, 5.74) is 1.59. The van der Waals surface area contributed by atoms with Crippen molar-refractivity contribution in [1.82, 2.24) is 0 Å². The molecule has 0 radical (unpaired) electrons. The molecule has 4 heteroatoms. The summed E-state index contributed by atoms with van der Waals surface area (Å²) in [5, 5.41) is 9.35. The van der Waals surface area contributed by atoms with Gasteiger partial charge in [0.2, 0.25) is 0 Å². The standard InChI is InChI=1S/C13H15ClN2O/c1-2-12-9-16(5-6-17-12)11-4-3-10(8-15)13(14)7-11/h3-4,7,12H,2,5-6,9H2,1H3. The Balaban J connectivity index is 2.17. The van der Waals surface area contributed by atoms with Crippen molar-refractivity contribution in [3.8, 4) is 6.07 Å². The molecular formula is C13H15ClN2O. The smallest absolute Gasteiger partial charge is 0.101 e. The zero-order chi connectivity index (χ0) is 12.3. The van der Waals surface area contributed by atoms with Crippen molar-refractivity contribution in [2.24, 2.45) is 0 Å². The second-order valence-electron chi connectivity index (χ2n) is 4.12. The minimum absolute atomic E-state index is 0.290. The number of nitriles is 1. The Morgan fingerprint density at radius 1 is 1.59 bits per heavy atom. The maximum atomic E-state index is 8.83. The van der Waals surface area contributed by atoms with Crippen molar-refractivity contribution in [1.29, 1.82) is 5.26 Å². The maximum absolute atomic E-state index is 8.83. The largest absolute Gasteiger partial charge is 0.375 e. The van der Waals surface area contributed by atoms with E-state index in [1.807, 2.05) is 12.1 Å². The van der Waals surface area contributed by atoms with Crippen LogP contribution in [0, 0.1) is 11.3 Å². The molecule has 1 heterocycles. The van der Waals surface area contributed by atoms with Gasteiger partial charge in [0.25, 0.3) is 0 Å². The molecule has 1 aliphatic heterocycles. The summed E-state index contributed by atoms with van der Waals surface area (Å²) < 4.78 is 5.63. The molecule has 1 saturated heterocycles. The lowest BCUT2D eigenvalue weighted by molar-refractivity contribution is 0.0384. The van der Waals surface area contributed by atoms with E-state index < -0.39 is 0 Å². The summed E-state index contributed by atoms with van der Waals surface area (Å²) in [6, 6.07) is 7.65. The van der Waals surface area contributed by atoms with Crippen molar-refractivity contribution in [2.75, 3.05) is 24.6 Å². The van der Waals surface area contributed by atoms with Crippen LogP contribution in [0.3, 0.4) is 0 Å². The highest BCUT2D eigenvalue weighted by atomic mass is 35.5. The molecule has 1 aliphatic rings. The minimum atomic E-state index is 0.290. The summed E-state index contributed by atoms with van der Waals surface area (Å²) in [6.07, 6.45) is 1.30. The van der Waals surface area contributed by atoms with E-state index in [0.717, 1.165) is 31.8 Å². The second-order valence-corrected chi connectivity index (χ2v) is 4.53. The Labute approximate surface area is 107 Å². The minimum Gasteiger partial charge on any atom is -0.375 e. The number of hydrogen-bond donors (Lipinski definition) is 0. The van der Waals surface area contributed by atoms with Crippen LogP contribution in [0.4, 0.5) is 5.69 Å². The van der Waals surface area contributed by atoms with Crippen molar-refractivity contribution in [3.63, 3.8) is 0 Å². The summed E-state index contributed by atoms with van der Waals surface area (Å²) >= 11 is 6.04. The summed E-state index contributed by atoms with van der Waals surface area (Å²) in [6.45, 7) is 4.63. The molecule has 3 nitrogen and oxygen atoms in total. The lowest BCUT2D eigenvalue weighted by Crippen LogP contribution is -2.42. The molecular weight excluding hydrogens is 236 g/mol. The van der Waals surface area contributed by atoms with Crippen molar-refractivity contribution < 1.29 is 4.74 Å². The van der Waals surface area contributed by atoms with Crippen LogP contribution >= 0.6 is 11.6 Å². The molecule has 90 valence electrons. The van der Waals surface area contributed by atoms with Gasteiger partial charge in [-0.3, -0.25) is 0 Å². The molecule has 0 amide bonds. The quantitative estimate of drug-likeness (QED) is 0.810. The van der Waals surface area contributed by atoms with E-state index in [4.69, 9.17) is 21.6 Å². The van der Waals surface area contributed by atoms with Crippen LogP contribution in [0.5, 0.6) is 0 Å².